The molecule has 3 aromatic carbocycles. The van der Waals surface area contributed by atoms with Gasteiger partial charge >= 0.3 is 17.6 Å². The van der Waals surface area contributed by atoms with Crippen LogP contribution >= 0.6 is 21.6 Å². The molecule has 4 aromatic rings. The van der Waals surface area contributed by atoms with Crippen molar-refractivity contribution in [2.24, 2.45) is 0 Å². The van der Waals surface area contributed by atoms with Gasteiger partial charge in [-0.15, -0.1) is 0 Å². The van der Waals surface area contributed by atoms with Crippen LogP contribution in [0.1, 0.15) is 68.5 Å². The molecule has 0 spiro atoms. The van der Waals surface area contributed by atoms with Gasteiger partial charge in [-0.25, -0.2) is 4.79 Å². The number of carboxylic acid groups (broad SMARTS) is 1. The Bertz CT molecular complexity index is 1980. The molecule has 0 unspecified atom stereocenters. The Morgan fingerprint density at radius 1 is 0.873 bits per heavy atom. The zero-order valence-electron chi connectivity index (χ0n) is 31.9. The Labute approximate surface area is 328 Å². The molecular weight excluding hydrogens is 745 g/mol. The zero-order valence-corrected chi connectivity index (χ0v) is 33.5. The summed E-state index contributed by atoms with van der Waals surface area (Å²) in [5, 5.41) is 9.22. The van der Waals surface area contributed by atoms with Crippen LogP contribution in [-0.4, -0.2) is 69.7 Å². The van der Waals surface area contributed by atoms with Crippen molar-refractivity contribution in [2.45, 2.75) is 82.3 Å². The van der Waals surface area contributed by atoms with Crippen molar-refractivity contribution in [3.63, 3.8) is 0 Å². The minimum absolute atomic E-state index is 0.00692. The monoisotopic (exact) mass is 792 g/mol. The second kappa shape index (κ2) is 18.4. The van der Waals surface area contributed by atoms with Crippen molar-refractivity contribution < 1.29 is 38.4 Å². The number of carbonyl (C=O) groups excluding carboxylic acids is 1. The Hall–Kier alpha value is -4.50. The first-order valence-electron chi connectivity index (χ1n) is 17.9. The van der Waals surface area contributed by atoms with E-state index in [0.717, 1.165) is 16.7 Å². The van der Waals surface area contributed by atoms with E-state index in [-0.39, 0.29) is 36.3 Å². The molecule has 1 aliphatic heterocycles. The highest BCUT2D eigenvalue weighted by atomic mass is 33.1. The minimum Gasteiger partial charge on any atom is -0.497 e. The predicted octanol–water partition coefficient (Wildman–Crippen LogP) is 6.59. The summed E-state index contributed by atoms with van der Waals surface area (Å²) in [7, 11) is 6.44. The Morgan fingerprint density at radius 2 is 1.45 bits per heavy atom. The topological polar surface area (TPSA) is 145 Å². The number of carbonyl (C=O) groups is 2. The average molecular weight is 793 g/mol. The van der Waals surface area contributed by atoms with Crippen LogP contribution in [0.5, 0.6) is 11.5 Å². The van der Waals surface area contributed by atoms with Crippen LogP contribution < -0.4 is 20.7 Å². The number of methoxy groups -OCH3 is 2. The second-order valence-electron chi connectivity index (χ2n) is 14.1. The lowest BCUT2D eigenvalue weighted by Crippen LogP contribution is -2.42. The molecule has 0 saturated carbocycles. The van der Waals surface area contributed by atoms with E-state index in [9.17, 15) is 24.3 Å². The summed E-state index contributed by atoms with van der Waals surface area (Å²) in [5.41, 5.74) is 0.553. The van der Waals surface area contributed by atoms with Gasteiger partial charge in [0.2, 0.25) is 0 Å². The largest absolute Gasteiger partial charge is 0.497 e. The SMILES string of the molecule is COc1ccc(C(OC[C@H]2O[C@@H](n3cc(C)c(=O)n(CCSSC(C)(C)C)c3=O)C[C@@H]2OC(=O)CCC(=O)O)(c2ccccc2)c2ccc(OC)cc2)cc1. The molecule has 5 rings (SSSR count). The lowest BCUT2D eigenvalue weighted by molar-refractivity contribution is -0.157. The number of benzene rings is 3. The summed E-state index contributed by atoms with van der Waals surface area (Å²) in [4.78, 5) is 51.4. The van der Waals surface area contributed by atoms with Gasteiger partial charge in [0, 0.05) is 35.2 Å². The lowest BCUT2D eigenvalue weighted by Gasteiger charge is -2.37. The first kappa shape index (κ1) is 41.7. The molecule has 3 atom stereocenters. The number of ether oxygens (including phenoxy) is 5. The van der Waals surface area contributed by atoms with E-state index in [0.29, 0.717) is 22.8 Å². The fourth-order valence-electron chi connectivity index (χ4n) is 6.37. The van der Waals surface area contributed by atoms with Crippen LogP contribution in [-0.2, 0) is 35.9 Å². The number of hydrogen-bond acceptors (Lipinski definition) is 11. The quantitative estimate of drug-likeness (QED) is 0.0533. The van der Waals surface area contributed by atoms with Gasteiger partial charge in [0.1, 0.15) is 35.5 Å². The normalized spacial score (nSPS) is 17.2. The maximum absolute atomic E-state index is 13.9. The number of carboxylic acids is 1. The zero-order chi connectivity index (χ0) is 39.8. The number of aryl methyl sites for hydroxylation is 1. The predicted molar refractivity (Wildman–Crippen MR) is 213 cm³/mol. The van der Waals surface area contributed by atoms with Gasteiger partial charge in [-0.3, -0.25) is 23.5 Å². The molecule has 55 heavy (non-hydrogen) atoms. The van der Waals surface area contributed by atoms with Gasteiger partial charge in [0.25, 0.3) is 5.56 Å². The molecule has 1 saturated heterocycles. The third-order valence-corrected chi connectivity index (χ3v) is 12.3. The van der Waals surface area contributed by atoms with E-state index in [1.54, 1.807) is 42.7 Å². The van der Waals surface area contributed by atoms with Crippen molar-refractivity contribution >= 4 is 33.5 Å². The number of nitrogens with zero attached hydrogens (tertiary/aromatic N) is 2. The van der Waals surface area contributed by atoms with Crippen LogP contribution in [0, 0.1) is 6.92 Å². The van der Waals surface area contributed by atoms with Crippen molar-refractivity contribution in [3.05, 3.63) is 128 Å². The second-order valence-corrected chi connectivity index (χ2v) is 17.3. The number of esters is 1. The maximum Gasteiger partial charge on any atom is 0.333 e. The first-order chi connectivity index (χ1) is 26.2. The summed E-state index contributed by atoms with van der Waals surface area (Å²) < 4.78 is 33.0. The summed E-state index contributed by atoms with van der Waals surface area (Å²) in [6.07, 6.45) is -1.96. The Kier molecular flexibility index (Phi) is 14.0. The Morgan fingerprint density at radius 3 is 2.00 bits per heavy atom. The van der Waals surface area contributed by atoms with E-state index in [1.807, 2.05) is 78.9 Å². The summed E-state index contributed by atoms with van der Waals surface area (Å²) in [6.45, 7) is 8.00. The molecule has 2 heterocycles. The van der Waals surface area contributed by atoms with Crippen molar-refractivity contribution in [3.8, 4) is 11.5 Å². The fourth-order valence-corrected chi connectivity index (χ4v) is 8.60. The number of hydrogen-bond donors (Lipinski definition) is 1. The molecule has 294 valence electrons. The molecule has 0 aliphatic carbocycles. The molecule has 1 aliphatic rings. The van der Waals surface area contributed by atoms with Gasteiger partial charge in [-0.05, 0) is 47.9 Å². The van der Waals surface area contributed by atoms with E-state index < -0.39 is 48.1 Å². The molecule has 12 nitrogen and oxygen atoms in total. The summed E-state index contributed by atoms with van der Waals surface area (Å²) in [5.74, 6) is -0.00536. The first-order valence-corrected chi connectivity index (χ1v) is 20.3. The van der Waals surface area contributed by atoms with E-state index in [2.05, 4.69) is 20.8 Å². The molecule has 0 radical (unpaired) electrons. The fraction of sp³-hybridized carbons (Fsp3) is 0.415. The number of rotatable bonds is 17. The molecule has 1 N–H and O–H groups in total. The van der Waals surface area contributed by atoms with E-state index >= 15 is 0 Å². The van der Waals surface area contributed by atoms with Crippen LogP contribution in [0.2, 0.25) is 0 Å². The minimum atomic E-state index is -1.22. The van der Waals surface area contributed by atoms with Crippen LogP contribution in [0.15, 0.2) is 94.6 Å². The highest BCUT2D eigenvalue weighted by molar-refractivity contribution is 8.77. The third-order valence-electron chi connectivity index (χ3n) is 9.03. The van der Waals surface area contributed by atoms with Crippen LogP contribution in [0.3, 0.4) is 0 Å². The van der Waals surface area contributed by atoms with Gasteiger partial charge in [-0.2, -0.15) is 0 Å². The van der Waals surface area contributed by atoms with Gasteiger partial charge in [-0.1, -0.05) is 97.0 Å². The van der Waals surface area contributed by atoms with Crippen LogP contribution in [0.4, 0.5) is 0 Å². The van der Waals surface area contributed by atoms with Gasteiger partial charge in [0.15, 0.2) is 0 Å². The highest BCUT2D eigenvalue weighted by Gasteiger charge is 2.44. The number of aromatic nitrogens is 2. The van der Waals surface area contributed by atoms with Gasteiger partial charge in [0.05, 0.1) is 33.7 Å². The molecule has 1 aromatic heterocycles. The number of aliphatic carboxylic acids is 1. The standard InChI is InChI=1S/C41H48N2O10S2/c1-27-25-43(39(48)42(38(27)47)22-23-54-55-40(2,3)4)35-24-33(53-37(46)21-20-36(44)45)34(52-35)26-51-41(28-10-8-7-9-11-28,29-12-16-31(49-5)17-13-29)30-14-18-32(50-6)19-15-30/h7-19,25,33-35H,20-24,26H2,1-6H3,(H,44,45)/t33-,34+,35+/m0/s1. The van der Waals surface area contributed by atoms with E-state index in [4.69, 9.17) is 23.7 Å². The highest BCUT2D eigenvalue weighted by Crippen LogP contribution is 2.43. The lowest BCUT2D eigenvalue weighted by atomic mass is 9.80. The van der Waals surface area contributed by atoms with E-state index in [1.165, 1.54) is 15.3 Å². The Balaban J connectivity index is 1.53. The molecule has 1 fully saturated rings. The summed E-state index contributed by atoms with van der Waals surface area (Å²) >= 11 is 0. The summed E-state index contributed by atoms with van der Waals surface area (Å²) in [6, 6.07) is 24.7. The van der Waals surface area contributed by atoms with Crippen LogP contribution in [0.25, 0.3) is 0 Å². The smallest absolute Gasteiger partial charge is 0.333 e. The molecule has 0 amide bonds. The molecule has 0 bridgehead atoms. The van der Waals surface area contributed by atoms with Crippen molar-refractivity contribution in [2.75, 3.05) is 26.6 Å². The maximum atomic E-state index is 13.9. The van der Waals surface area contributed by atoms with Gasteiger partial charge < -0.3 is 28.8 Å². The van der Waals surface area contributed by atoms with Crippen molar-refractivity contribution in [1.82, 2.24) is 9.13 Å². The molecular formula is C41H48N2O10S2. The molecule has 14 heteroatoms. The third kappa shape index (κ3) is 10.2. The van der Waals surface area contributed by atoms with Crippen molar-refractivity contribution in [1.29, 1.82) is 0 Å². The average Bonchev–Trinajstić information content (AvgIpc) is 3.57.